The minimum absolute atomic E-state index is 0.147. The standard InChI is InChI=1S/C5H5IN2O/c6-4-1-3(9)2-8-5(4)7/h1-2,9H,(H2,7,8). The van der Waals surface area contributed by atoms with Gasteiger partial charge >= 0.3 is 0 Å². The third-order valence-corrected chi connectivity index (χ3v) is 1.72. The highest BCUT2D eigenvalue weighted by Crippen LogP contribution is 2.16. The summed E-state index contributed by atoms with van der Waals surface area (Å²) in [5.74, 6) is 0.599. The Bertz CT molecular complexity index is 226. The van der Waals surface area contributed by atoms with Crippen LogP contribution in [-0.4, -0.2) is 10.1 Å². The summed E-state index contributed by atoms with van der Waals surface area (Å²) in [5, 5.41) is 8.81. The van der Waals surface area contributed by atoms with Crippen LogP contribution in [0, 0.1) is 3.57 Å². The monoisotopic (exact) mass is 236 g/mol. The largest absolute Gasteiger partial charge is 0.506 e. The van der Waals surface area contributed by atoms with Gasteiger partial charge < -0.3 is 10.8 Å². The van der Waals surface area contributed by atoms with Gasteiger partial charge in [0, 0.05) is 0 Å². The summed E-state index contributed by atoms with van der Waals surface area (Å²) in [4.78, 5) is 3.70. The molecule has 0 amide bonds. The van der Waals surface area contributed by atoms with Crippen LogP contribution in [0.3, 0.4) is 0 Å². The number of aromatic nitrogens is 1. The van der Waals surface area contributed by atoms with Gasteiger partial charge in [0.15, 0.2) is 0 Å². The third kappa shape index (κ3) is 1.44. The smallest absolute Gasteiger partial charge is 0.137 e. The predicted molar refractivity (Wildman–Crippen MR) is 43.0 cm³/mol. The van der Waals surface area contributed by atoms with Gasteiger partial charge in [-0.3, -0.25) is 0 Å². The highest BCUT2D eigenvalue weighted by Gasteiger charge is 1.95. The summed E-state index contributed by atoms with van der Waals surface area (Å²) in [7, 11) is 0. The molecule has 0 bridgehead atoms. The van der Waals surface area contributed by atoms with Crippen molar-refractivity contribution in [1.29, 1.82) is 0 Å². The van der Waals surface area contributed by atoms with Crippen LogP contribution in [0.15, 0.2) is 12.3 Å². The second kappa shape index (κ2) is 2.38. The minimum Gasteiger partial charge on any atom is -0.506 e. The first kappa shape index (κ1) is 6.60. The Balaban J connectivity index is 3.17. The number of aromatic hydroxyl groups is 1. The molecule has 0 saturated heterocycles. The number of halogens is 1. The van der Waals surface area contributed by atoms with E-state index in [-0.39, 0.29) is 5.75 Å². The van der Waals surface area contributed by atoms with E-state index in [9.17, 15) is 0 Å². The van der Waals surface area contributed by atoms with Gasteiger partial charge in [-0.2, -0.15) is 0 Å². The normalized spacial score (nSPS) is 9.44. The van der Waals surface area contributed by atoms with E-state index in [4.69, 9.17) is 10.8 Å². The average Bonchev–Trinajstić information content (AvgIpc) is 1.80. The van der Waals surface area contributed by atoms with Crippen molar-refractivity contribution in [2.45, 2.75) is 0 Å². The molecule has 1 aromatic rings. The first-order valence-corrected chi connectivity index (χ1v) is 3.38. The Hall–Kier alpha value is -0.520. The van der Waals surface area contributed by atoms with Crippen LogP contribution in [0.2, 0.25) is 0 Å². The lowest BCUT2D eigenvalue weighted by atomic mass is 10.4. The zero-order chi connectivity index (χ0) is 6.85. The maximum Gasteiger partial charge on any atom is 0.137 e. The topological polar surface area (TPSA) is 59.1 Å². The molecule has 48 valence electrons. The van der Waals surface area contributed by atoms with Crippen molar-refractivity contribution in [3.63, 3.8) is 0 Å². The highest BCUT2D eigenvalue weighted by atomic mass is 127. The number of rotatable bonds is 0. The molecule has 0 aliphatic rings. The first-order chi connectivity index (χ1) is 4.20. The van der Waals surface area contributed by atoms with E-state index < -0.39 is 0 Å². The third-order valence-electron chi connectivity index (χ3n) is 0.855. The molecule has 0 unspecified atom stereocenters. The Labute approximate surface area is 66.0 Å². The van der Waals surface area contributed by atoms with Gasteiger partial charge in [-0.15, -0.1) is 0 Å². The zero-order valence-corrected chi connectivity index (χ0v) is 6.66. The van der Waals surface area contributed by atoms with Crippen molar-refractivity contribution < 1.29 is 5.11 Å². The number of pyridine rings is 1. The van der Waals surface area contributed by atoms with Gasteiger partial charge in [0.1, 0.15) is 11.6 Å². The molecule has 0 atom stereocenters. The Morgan fingerprint density at radius 3 is 2.78 bits per heavy atom. The number of anilines is 1. The summed E-state index contributed by atoms with van der Waals surface area (Å²) in [5.41, 5.74) is 5.36. The van der Waals surface area contributed by atoms with E-state index >= 15 is 0 Å². The SMILES string of the molecule is Nc1ncc(O)cc1I. The van der Waals surface area contributed by atoms with Gasteiger partial charge in [0.05, 0.1) is 9.77 Å². The minimum atomic E-state index is 0.147. The maximum absolute atomic E-state index is 8.81. The number of hydrogen-bond donors (Lipinski definition) is 2. The molecule has 4 heteroatoms. The maximum atomic E-state index is 8.81. The van der Waals surface area contributed by atoms with Gasteiger partial charge in [0.25, 0.3) is 0 Å². The van der Waals surface area contributed by atoms with Gasteiger partial charge in [0.2, 0.25) is 0 Å². The molecule has 1 heterocycles. The molecule has 0 aliphatic carbocycles. The van der Waals surface area contributed by atoms with E-state index in [1.165, 1.54) is 6.20 Å². The van der Waals surface area contributed by atoms with E-state index in [1.54, 1.807) is 6.07 Å². The van der Waals surface area contributed by atoms with Gasteiger partial charge in [-0.1, -0.05) is 0 Å². The summed E-state index contributed by atoms with van der Waals surface area (Å²) in [6.07, 6.45) is 1.32. The van der Waals surface area contributed by atoms with Crippen LogP contribution >= 0.6 is 22.6 Å². The Kier molecular flexibility index (Phi) is 1.75. The van der Waals surface area contributed by atoms with Gasteiger partial charge in [-0.05, 0) is 28.7 Å². The summed E-state index contributed by atoms with van der Waals surface area (Å²) >= 11 is 2.00. The molecule has 3 nitrogen and oxygen atoms in total. The van der Waals surface area contributed by atoms with Crippen LogP contribution in [-0.2, 0) is 0 Å². The van der Waals surface area contributed by atoms with Crippen molar-refractivity contribution in [1.82, 2.24) is 4.98 Å². The van der Waals surface area contributed by atoms with E-state index in [1.807, 2.05) is 22.6 Å². The summed E-state index contributed by atoms with van der Waals surface area (Å²) < 4.78 is 0.771. The van der Waals surface area contributed by atoms with E-state index in [0.717, 1.165) is 3.57 Å². The summed E-state index contributed by atoms with van der Waals surface area (Å²) in [6.45, 7) is 0. The van der Waals surface area contributed by atoms with Crippen LogP contribution in [0.1, 0.15) is 0 Å². The fourth-order valence-electron chi connectivity index (χ4n) is 0.438. The lowest BCUT2D eigenvalue weighted by Gasteiger charge is -1.94. The van der Waals surface area contributed by atoms with Crippen molar-refractivity contribution >= 4 is 28.4 Å². The zero-order valence-electron chi connectivity index (χ0n) is 4.50. The predicted octanol–water partition coefficient (Wildman–Crippen LogP) is 0.974. The number of nitrogen functional groups attached to an aromatic ring is 1. The molecule has 3 N–H and O–H groups in total. The van der Waals surface area contributed by atoms with Crippen LogP contribution in [0.25, 0.3) is 0 Å². The molecule has 0 spiro atoms. The van der Waals surface area contributed by atoms with Crippen molar-refractivity contribution in [3.8, 4) is 5.75 Å². The fraction of sp³-hybridized carbons (Fsp3) is 0. The lowest BCUT2D eigenvalue weighted by Crippen LogP contribution is -1.91. The molecule has 1 aromatic heterocycles. The van der Waals surface area contributed by atoms with Crippen LogP contribution in [0.5, 0.6) is 5.75 Å². The molecule has 0 aromatic carbocycles. The molecule has 0 saturated carbocycles. The van der Waals surface area contributed by atoms with Crippen molar-refractivity contribution in [2.75, 3.05) is 5.73 Å². The molecule has 9 heavy (non-hydrogen) atoms. The first-order valence-electron chi connectivity index (χ1n) is 2.30. The average molecular weight is 236 g/mol. The molecule has 0 aliphatic heterocycles. The molecule has 0 radical (unpaired) electrons. The quantitative estimate of drug-likeness (QED) is 0.660. The second-order valence-electron chi connectivity index (χ2n) is 1.56. The van der Waals surface area contributed by atoms with Crippen molar-refractivity contribution in [2.24, 2.45) is 0 Å². The summed E-state index contributed by atoms with van der Waals surface area (Å²) in [6, 6.07) is 1.56. The Morgan fingerprint density at radius 1 is 1.67 bits per heavy atom. The van der Waals surface area contributed by atoms with Gasteiger partial charge in [-0.25, -0.2) is 4.98 Å². The molecular formula is C5H5IN2O. The Morgan fingerprint density at radius 2 is 2.33 bits per heavy atom. The molecule has 0 fully saturated rings. The van der Waals surface area contributed by atoms with Crippen LogP contribution in [0.4, 0.5) is 5.82 Å². The van der Waals surface area contributed by atoms with E-state index in [2.05, 4.69) is 4.98 Å². The van der Waals surface area contributed by atoms with Crippen LogP contribution < -0.4 is 5.73 Å². The number of nitrogens with two attached hydrogens (primary N) is 1. The fourth-order valence-corrected chi connectivity index (χ4v) is 0.897. The highest BCUT2D eigenvalue weighted by molar-refractivity contribution is 14.1. The van der Waals surface area contributed by atoms with Crippen molar-refractivity contribution in [3.05, 3.63) is 15.8 Å². The number of nitrogens with zero attached hydrogens (tertiary/aromatic N) is 1. The van der Waals surface area contributed by atoms with E-state index in [0.29, 0.717) is 5.82 Å². The molecule has 1 rings (SSSR count). The second-order valence-corrected chi connectivity index (χ2v) is 2.72. The lowest BCUT2D eigenvalue weighted by molar-refractivity contribution is 0.472. The number of hydrogen-bond acceptors (Lipinski definition) is 3. The molecular weight excluding hydrogens is 231 g/mol.